The number of hydrogen-bond acceptors (Lipinski definition) is 4. The Kier molecular flexibility index (Phi) is 3.58. The molecule has 0 bridgehead atoms. The van der Waals surface area contributed by atoms with Crippen LogP contribution in [-0.4, -0.2) is 16.1 Å². The number of aromatic nitrogens is 1. The number of rotatable bonds is 3. The van der Waals surface area contributed by atoms with Gasteiger partial charge in [0.05, 0.1) is 5.52 Å². The molecule has 0 aromatic carbocycles. The molecule has 2 aromatic heterocycles. The molecule has 18 heavy (non-hydrogen) atoms. The van der Waals surface area contributed by atoms with E-state index in [-0.39, 0.29) is 0 Å². The van der Waals surface area contributed by atoms with Gasteiger partial charge in [0.2, 0.25) is 0 Å². The van der Waals surface area contributed by atoms with Crippen LogP contribution in [0.15, 0.2) is 29.4 Å². The SMILES string of the molecule is CCSc1c(C#N)c(OC(C)=O)c2ccccn12. The number of ether oxygens (including phenoxy) is 1. The largest absolute Gasteiger partial charge is 0.423 e. The van der Waals surface area contributed by atoms with Crippen LogP contribution in [0.2, 0.25) is 0 Å². The van der Waals surface area contributed by atoms with E-state index in [1.807, 2.05) is 35.7 Å². The summed E-state index contributed by atoms with van der Waals surface area (Å²) in [5.74, 6) is 0.771. The lowest BCUT2D eigenvalue weighted by molar-refractivity contribution is -0.131. The highest BCUT2D eigenvalue weighted by Gasteiger charge is 2.20. The molecule has 2 heterocycles. The van der Waals surface area contributed by atoms with Crippen LogP contribution in [0.4, 0.5) is 0 Å². The van der Waals surface area contributed by atoms with Crippen LogP contribution >= 0.6 is 11.8 Å². The fourth-order valence-electron chi connectivity index (χ4n) is 1.77. The van der Waals surface area contributed by atoms with Crippen molar-refractivity contribution in [3.63, 3.8) is 0 Å². The van der Waals surface area contributed by atoms with E-state index in [1.165, 1.54) is 6.92 Å². The van der Waals surface area contributed by atoms with E-state index >= 15 is 0 Å². The first kappa shape index (κ1) is 12.5. The van der Waals surface area contributed by atoms with Crippen molar-refractivity contribution in [3.05, 3.63) is 30.0 Å². The van der Waals surface area contributed by atoms with Crippen molar-refractivity contribution in [1.82, 2.24) is 4.40 Å². The standard InChI is InChI=1S/C13H12N2O2S/c1-3-18-13-10(8-14)12(17-9(2)16)11-6-4-5-7-15(11)13/h4-7H,3H2,1-2H3. The third kappa shape index (κ3) is 2.07. The molecule has 2 rings (SSSR count). The second kappa shape index (κ2) is 5.15. The lowest BCUT2D eigenvalue weighted by Crippen LogP contribution is -2.02. The Morgan fingerprint density at radius 1 is 1.56 bits per heavy atom. The van der Waals surface area contributed by atoms with E-state index in [0.29, 0.717) is 11.3 Å². The summed E-state index contributed by atoms with van der Waals surface area (Å²) >= 11 is 1.55. The number of thioether (sulfide) groups is 1. The first-order valence-electron chi connectivity index (χ1n) is 5.53. The molecule has 0 spiro atoms. The van der Waals surface area contributed by atoms with Crippen LogP contribution in [0.5, 0.6) is 5.75 Å². The number of esters is 1. The van der Waals surface area contributed by atoms with Gasteiger partial charge in [-0.3, -0.25) is 4.79 Å². The molecular weight excluding hydrogens is 248 g/mol. The zero-order valence-corrected chi connectivity index (χ0v) is 11.0. The Morgan fingerprint density at radius 3 is 2.94 bits per heavy atom. The molecule has 0 N–H and O–H groups in total. The van der Waals surface area contributed by atoms with Crippen LogP contribution in [0.1, 0.15) is 19.4 Å². The maximum atomic E-state index is 11.1. The van der Waals surface area contributed by atoms with E-state index in [4.69, 9.17) is 4.74 Å². The predicted molar refractivity (Wildman–Crippen MR) is 69.8 cm³/mol. The summed E-state index contributed by atoms with van der Waals surface area (Å²) in [6, 6.07) is 7.69. The molecule has 0 aliphatic rings. The molecule has 5 heteroatoms. The van der Waals surface area contributed by atoms with Crippen molar-refractivity contribution in [2.45, 2.75) is 18.9 Å². The minimum Gasteiger partial charge on any atom is -0.423 e. The van der Waals surface area contributed by atoms with Crippen LogP contribution in [0.3, 0.4) is 0 Å². The van der Waals surface area contributed by atoms with Gasteiger partial charge < -0.3 is 9.14 Å². The summed E-state index contributed by atoms with van der Waals surface area (Å²) in [5, 5.41) is 10.1. The van der Waals surface area contributed by atoms with Crippen LogP contribution in [0, 0.1) is 11.3 Å². The molecule has 0 fully saturated rings. The quantitative estimate of drug-likeness (QED) is 0.629. The van der Waals surface area contributed by atoms with Gasteiger partial charge in [-0.15, -0.1) is 11.8 Å². The Morgan fingerprint density at radius 2 is 2.33 bits per heavy atom. The topological polar surface area (TPSA) is 54.5 Å². The highest BCUT2D eigenvalue weighted by Crippen LogP contribution is 2.36. The van der Waals surface area contributed by atoms with E-state index in [9.17, 15) is 10.1 Å². The van der Waals surface area contributed by atoms with Crippen LogP contribution < -0.4 is 4.74 Å². The average Bonchev–Trinajstić information content (AvgIpc) is 2.64. The van der Waals surface area contributed by atoms with Gasteiger partial charge in [-0.25, -0.2) is 0 Å². The molecule has 4 nitrogen and oxygen atoms in total. The maximum absolute atomic E-state index is 11.1. The number of carbonyl (C=O) groups excluding carboxylic acids is 1. The van der Waals surface area contributed by atoms with Crippen LogP contribution in [-0.2, 0) is 4.79 Å². The molecule has 0 saturated carbocycles. The van der Waals surface area contributed by atoms with Crippen molar-refractivity contribution in [2.24, 2.45) is 0 Å². The Bertz CT molecular complexity index is 640. The Hall–Kier alpha value is -1.93. The molecule has 0 radical (unpaired) electrons. The molecule has 0 aliphatic heterocycles. The minimum atomic E-state index is -0.420. The van der Waals surface area contributed by atoms with E-state index in [1.54, 1.807) is 11.8 Å². The van der Waals surface area contributed by atoms with Crippen LogP contribution in [0.25, 0.3) is 5.52 Å². The van der Waals surface area contributed by atoms with Gasteiger partial charge in [0.1, 0.15) is 16.7 Å². The smallest absolute Gasteiger partial charge is 0.308 e. The molecule has 92 valence electrons. The molecule has 0 unspecified atom stereocenters. The summed E-state index contributed by atoms with van der Waals surface area (Å²) in [6.45, 7) is 3.35. The second-order valence-electron chi connectivity index (χ2n) is 3.60. The van der Waals surface area contributed by atoms with E-state index < -0.39 is 5.97 Å². The lowest BCUT2D eigenvalue weighted by atomic mass is 10.3. The number of nitrogens with zero attached hydrogens (tertiary/aromatic N) is 2. The van der Waals surface area contributed by atoms with Gasteiger partial charge in [0.25, 0.3) is 0 Å². The van der Waals surface area contributed by atoms with Gasteiger partial charge >= 0.3 is 5.97 Å². The Labute approximate surface area is 109 Å². The third-order valence-electron chi connectivity index (χ3n) is 2.39. The first-order chi connectivity index (χ1) is 8.69. The van der Waals surface area contributed by atoms with E-state index in [2.05, 4.69) is 6.07 Å². The van der Waals surface area contributed by atoms with Gasteiger partial charge in [0, 0.05) is 13.1 Å². The highest BCUT2D eigenvalue weighted by atomic mass is 32.2. The fourth-order valence-corrected chi connectivity index (χ4v) is 2.63. The normalized spacial score (nSPS) is 10.3. The molecule has 0 saturated heterocycles. The summed E-state index contributed by atoms with van der Waals surface area (Å²) in [5.41, 5.74) is 1.16. The molecular formula is C13H12N2O2S. The number of carbonyl (C=O) groups is 1. The number of pyridine rings is 1. The summed E-state index contributed by atoms with van der Waals surface area (Å²) in [6.07, 6.45) is 1.86. The summed E-state index contributed by atoms with van der Waals surface area (Å²) in [7, 11) is 0. The maximum Gasteiger partial charge on any atom is 0.308 e. The monoisotopic (exact) mass is 260 g/mol. The Balaban J connectivity index is 2.74. The minimum absolute atomic E-state index is 0.349. The van der Waals surface area contributed by atoms with Gasteiger partial charge in [0.15, 0.2) is 5.75 Å². The molecule has 2 aromatic rings. The zero-order chi connectivity index (χ0) is 13.1. The van der Waals surface area contributed by atoms with Crippen molar-refractivity contribution in [1.29, 1.82) is 5.26 Å². The van der Waals surface area contributed by atoms with Crippen molar-refractivity contribution < 1.29 is 9.53 Å². The average molecular weight is 260 g/mol. The summed E-state index contributed by atoms with van der Waals surface area (Å²) in [4.78, 5) is 11.1. The summed E-state index contributed by atoms with van der Waals surface area (Å²) < 4.78 is 7.06. The first-order valence-corrected chi connectivity index (χ1v) is 6.52. The van der Waals surface area contributed by atoms with E-state index in [0.717, 1.165) is 16.3 Å². The zero-order valence-electron chi connectivity index (χ0n) is 10.1. The number of fused-ring (bicyclic) bond motifs is 1. The highest BCUT2D eigenvalue weighted by molar-refractivity contribution is 7.99. The predicted octanol–water partition coefficient (Wildman–Crippen LogP) is 2.85. The third-order valence-corrected chi connectivity index (χ3v) is 3.35. The van der Waals surface area contributed by atoms with Crippen molar-refractivity contribution in [3.8, 4) is 11.8 Å². The van der Waals surface area contributed by atoms with Gasteiger partial charge in [-0.1, -0.05) is 13.0 Å². The molecule has 0 amide bonds. The number of hydrogen-bond donors (Lipinski definition) is 0. The van der Waals surface area contributed by atoms with Crippen molar-refractivity contribution in [2.75, 3.05) is 5.75 Å². The van der Waals surface area contributed by atoms with Gasteiger partial charge in [-0.05, 0) is 17.9 Å². The van der Waals surface area contributed by atoms with Crippen molar-refractivity contribution >= 4 is 23.2 Å². The molecule has 0 aliphatic carbocycles. The van der Waals surface area contributed by atoms with Gasteiger partial charge in [-0.2, -0.15) is 5.26 Å². The fraction of sp³-hybridized carbons (Fsp3) is 0.231. The molecule has 0 atom stereocenters. The second-order valence-corrected chi connectivity index (χ2v) is 4.86. The number of nitriles is 1. The lowest BCUT2D eigenvalue weighted by Gasteiger charge is -1.99.